The maximum Gasteiger partial charge on any atom is 0.328 e. The van der Waals surface area contributed by atoms with Crippen LogP contribution in [-0.2, 0) is 28.7 Å². The van der Waals surface area contributed by atoms with Gasteiger partial charge in [-0.2, -0.15) is 0 Å². The summed E-state index contributed by atoms with van der Waals surface area (Å²) in [6.07, 6.45) is 4.46. The molecule has 3 rings (SSSR count). The number of likely N-dealkylation sites (tertiary alicyclic amines) is 1. The molecule has 0 bridgehead atoms. The van der Waals surface area contributed by atoms with Crippen molar-refractivity contribution in [2.75, 3.05) is 7.11 Å². The van der Waals surface area contributed by atoms with Crippen molar-refractivity contribution in [3.63, 3.8) is 0 Å². The summed E-state index contributed by atoms with van der Waals surface area (Å²) in [5.41, 5.74) is 0. The van der Waals surface area contributed by atoms with Gasteiger partial charge in [0.05, 0.1) is 25.0 Å². The summed E-state index contributed by atoms with van der Waals surface area (Å²) in [5.74, 6) is -3.19. The quantitative estimate of drug-likeness (QED) is 0.398. The van der Waals surface area contributed by atoms with E-state index in [0.717, 1.165) is 0 Å². The zero-order valence-electron chi connectivity index (χ0n) is 11.5. The Labute approximate surface area is 120 Å². The minimum Gasteiger partial charge on any atom is -0.467 e. The van der Waals surface area contributed by atoms with Crippen LogP contribution in [0.4, 0.5) is 0 Å². The number of hydrogen-bond donors (Lipinski definition) is 0. The molecule has 1 amide bonds. The lowest BCUT2D eigenvalue weighted by Crippen LogP contribution is -2.51. The smallest absolute Gasteiger partial charge is 0.328 e. The van der Waals surface area contributed by atoms with Gasteiger partial charge in [0.25, 0.3) is 0 Å². The zero-order chi connectivity index (χ0) is 15.1. The van der Waals surface area contributed by atoms with Gasteiger partial charge in [-0.05, 0) is 12.8 Å². The molecule has 0 saturated carbocycles. The molecule has 112 valence electrons. The Morgan fingerprint density at radius 2 is 2.10 bits per heavy atom. The average Bonchev–Trinajstić information content (AvgIpc) is 2.99. The number of hydrogen-bond acceptors (Lipinski definition) is 6. The summed E-state index contributed by atoms with van der Waals surface area (Å²) in [5, 5.41) is 0. The van der Waals surface area contributed by atoms with Crippen molar-refractivity contribution < 1.29 is 28.7 Å². The fourth-order valence-electron chi connectivity index (χ4n) is 3.37. The van der Waals surface area contributed by atoms with Crippen molar-refractivity contribution >= 4 is 23.8 Å². The van der Waals surface area contributed by atoms with Crippen LogP contribution < -0.4 is 0 Å². The maximum absolute atomic E-state index is 12.1. The molecule has 0 unspecified atom stereocenters. The number of fused-ring (bicyclic) bond motifs is 1. The molecule has 3 aliphatic rings. The molecule has 0 spiro atoms. The van der Waals surface area contributed by atoms with Gasteiger partial charge in [-0.15, -0.1) is 0 Å². The summed E-state index contributed by atoms with van der Waals surface area (Å²) >= 11 is 0. The summed E-state index contributed by atoms with van der Waals surface area (Å²) < 4.78 is 9.41. The predicted octanol–water partition coefficient (Wildman–Crippen LogP) is -0.205. The summed E-state index contributed by atoms with van der Waals surface area (Å²) in [6, 6.07) is -1.33. The number of esters is 3. The molecule has 4 atom stereocenters. The molecule has 2 aliphatic heterocycles. The van der Waals surface area contributed by atoms with Gasteiger partial charge in [0.2, 0.25) is 5.91 Å². The first kappa shape index (κ1) is 13.8. The SMILES string of the molecule is COC(=O)[C@@H]1CCC(=O)N1[C@@H]1C=CC[C@@H]2C(=O)OC(=O)[C@@H]21. The number of carbonyl (C=O) groups is 4. The molecule has 2 heterocycles. The van der Waals surface area contributed by atoms with E-state index in [4.69, 9.17) is 4.74 Å². The van der Waals surface area contributed by atoms with Crippen LogP contribution in [0.15, 0.2) is 12.2 Å². The second-order valence-corrected chi connectivity index (χ2v) is 5.41. The van der Waals surface area contributed by atoms with Crippen LogP contribution in [-0.4, -0.2) is 47.9 Å². The standard InChI is InChI=1S/C14H15NO6/c1-20-13(18)9-5-6-10(16)15(9)8-4-2-3-7-11(8)14(19)21-12(7)17/h2,4,7-9,11H,3,5-6H2,1H3/t7-,8+,9-,11-/m0/s1. The second-order valence-electron chi connectivity index (χ2n) is 5.41. The Hall–Kier alpha value is -2.18. The van der Waals surface area contributed by atoms with E-state index in [1.807, 2.05) is 0 Å². The van der Waals surface area contributed by atoms with Gasteiger partial charge in [-0.3, -0.25) is 14.4 Å². The van der Waals surface area contributed by atoms with Crippen LogP contribution in [0.1, 0.15) is 19.3 Å². The molecular weight excluding hydrogens is 278 g/mol. The van der Waals surface area contributed by atoms with Crippen LogP contribution in [0.3, 0.4) is 0 Å². The van der Waals surface area contributed by atoms with Gasteiger partial charge >= 0.3 is 17.9 Å². The average molecular weight is 293 g/mol. The summed E-state index contributed by atoms with van der Waals surface area (Å²) in [6.45, 7) is 0. The minimum absolute atomic E-state index is 0.215. The molecule has 7 nitrogen and oxygen atoms in total. The van der Waals surface area contributed by atoms with Crippen LogP contribution >= 0.6 is 0 Å². The molecule has 7 heteroatoms. The normalized spacial score (nSPS) is 34.9. The monoisotopic (exact) mass is 293 g/mol. The van der Waals surface area contributed by atoms with Crippen molar-refractivity contribution in [3.8, 4) is 0 Å². The van der Waals surface area contributed by atoms with Gasteiger partial charge in [-0.1, -0.05) is 12.2 Å². The molecule has 0 aromatic carbocycles. The number of rotatable bonds is 2. The number of allylic oxidation sites excluding steroid dienone is 1. The highest BCUT2D eigenvalue weighted by molar-refractivity contribution is 5.98. The summed E-state index contributed by atoms with van der Waals surface area (Å²) in [4.78, 5) is 48.9. The van der Waals surface area contributed by atoms with E-state index < -0.39 is 41.8 Å². The van der Waals surface area contributed by atoms with E-state index in [-0.39, 0.29) is 12.3 Å². The lowest BCUT2D eigenvalue weighted by molar-refractivity contribution is -0.155. The van der Waals surface area contributed by atoms with Gasteiger partial charge in [0, 0.05) is 6.42 Å². The fourth-order valence-corrected chi connectivity index (χ4v) is 3.37. The van der Waals surface area contributed by atoms with Crippen molar-refractivity contribution in [1.29, 1.82) is 0 Å². The Kier molecular flexibility index (Phi) is 3.27. The Bertz CT molecular complexity index is 554. The van der Waals surface area contributed by atoms with E-state index in [1.165, 1.54) is 12.0 Å². The Balaban J connectivity index is 1.94. The molecule has 0 aromatic rings. The molecule has 1 aliphatic carbocycles. The number of nitrogens with zero attached hydrogens (tertiary/aromatic N) is 1. The van der Waals surface area contributed by atoms with Gasteiger partial charge in [-0.25, -0.2) is 4.79 Å². The first-order chi connectivity index (χ1) is 10.0. The largest absolute Gasteiger partial charge is 0.467 e. The van der Waals surface area contributed by atoms with Crippen molar-refractivity contribution in [2.45, 2.75) is 31.3 Å². The maximum atomic E-state index is 12.1. The topological polar surface area (TPSA) is 90.0 Å². The van der Waals surface area contributed by atoms with Crippen LogP contribution in [0, 0.1) is 11.8 Å². The molecule has 2 saturated heterocycles. The Morgan fingerprint density at radius 3 is 2.81 bits per heavy atom. The van der Waals surface area contributed by atoms with Crippen LogP contribution in [0.25, 0.3) is 0 Å². The number of carbonyl (C=O) groups excluding carboxylic acids is 4. The molecule has 21 heavy (non-hydrogen) atoms. The van der Waals surface area contributed by atoms with E-state index in [2.05, 4.69) is 4.74 Å². The lowest BCUT2D eigenvalue weighted by Gasteiger charge is -2.35. The van der Waals surface area contributed by atoms with Crippen molar-refractivity contribution in [1.82, 2.24) is 4.90 Å². The fraction of sp³-hybridized carbons (Fsp3) is 0.571. The van der Waals surface area contributed by atoms with E-state index in [1.54, 1.807) is 12.2 Å². The third-order valence-corrected chi connectivity index (χ3v) is 4.35. The van der Waals surface area contributed by atoms with Crippen molar-refractivity contribution in [3.05, 3.63) is 12.2 Å². The van der Waals surface area contributed by atoms with E-state index >= 15 is 0 Å². The van der Waals surface area contributed by atoms with Gasteiger partial charge < -0.3 is 14.4 Å². The highest BCUT2D eigenvalue weighted by Gasteiger charge is 2.54. The number of cyclic esters (lactones) is 2. The first-order valence-electron chi connectivity index (χ1n) is 6.85. The predicted molar refractivity (Wildman–Crippen MR) is 67.5 cm³/mol. The number of ether oxygens (including phenoxy) is 2. The van der Waals surface area contributed by atoms with Crippen LogP contribution in [0.2, 0.25) is 0 Å². The zero-order valence-corrected chi connectivity index (χ0v) is 11.5. The number of methoxy groups -OCH3 is 1. The molecule has 0 N–H and O–H groups in total. The van der Waals surface area contributed by atoms with E-state index in [0.29, 0.717) is 12.8 Å². The first-order valence-corrected chi connectivity index (χ1v) is 6.85. The molecule has 0 aromatic heterocycles. The molecule has 2 fully saturated rings. The van der Waals surface area contributed by atoms with Gasteiger partial charge in [0.15, 0.2) is 0 Å². The molecular formula is C14H15NO6. The third-order valence-electron chi connectivity index (χ3n) is 4.35. The van der Waals surface area contributed by atoms with E-state index in [9.17, 15) is 19.2 Å². The van der Waals surface area contributed by atoms with Crippen molar-refractivity contribution in [2.24, 2.45) is 11.8 Å². The minimum atomic E-state index is -0.725. The second kappa shape index (κ2) is 4.98. The van der Waals surface area contributed by atoms with Crippen LogP contribution in [0.5, 0.6) is 0 Å². The Morgan fingerprint density at radius 1 is 1.33 bits per heavy atom. The lowest BCUT2D eigenvalue weighted by atomic mass is 9.80. The highest BCUT2D eigenvalue weighted by atomic mass is 16.6. The highest BCUT2D eigenvalue weighted by Crippen LogP contribution is 2.38. The summed E-state index contributed by atoms with van der Waals surface area (Å²) in [7, 11) is 1.26. The molecule has 0 radical (unpaired) electrons. The third kappa shape index (κ3) is 2.03. The van der Waals surface area contributed by atoms with Gasteiger partial charge in [0.1, 0.15) is 6.04 Å². The number of amides is 1.